The van der Waals surface area contributed by atoms with E-state index < -0.39 is 23.5 Å². The van der Waals surface area contributed by atoms with Crippen molar-refractivity contribution in [1.82, 2.24) is 19.8 Å². The van der Waals surface area contributed by atoms with Crippen LogP contribution in [0.1, 0.15) is 56.7 Å². The molecule has 2 atom stereocenters. The van der Waals surface area contributed by atoms with Gasteiger partial charge in [0.2, 0.25) is 5.95 Å². The first-order valence-electron chi connectivity index (χ1n) is 13.1. The summed E-state index contributed by atoms with van der Waals surface area (Å²) >= 11 is 0. The summed E-state index contributed by atoms with van der Waals surface area (Å²) in [6.07, 6.45) is 4.57. The highest BCUT2D eigenvalue weighted by Crippen LogP contribution is 2.47. The number of nitrogens with zero attached hydrogens (tertiary/aromatic N) is 5. The monoisotopic (exact) mass is 514 g/mol. The fourth-order valence-corrected chi connectivity index (χ4v) is 5.61. The van der Waals surface area contributed by atoms with Gasteiger partial charge in [0.15, 0.2) is 11.6 Å². The molecule has 3 heterocycles. The van der Waals surface area contributed by atoms with E-state index in [4.69, 9.17) is 4.74 Å². The molecule has 10 heteroatoms. The number of cyclic esters (lactones) is 1. The van der Waals surface area contributed by atoms with E-state index in [9.17, 15) is 9.18 Å². The van der Waals surface area contributed by atoms with Gasteiger partial charge in [-0.3, -0.25) is 4.90 Å². The second-order valence-corrected chi connectivity index (χ2v) is 11.1. The lowest BCUT2D eigenvalue weighted by Gasteiger charge is -2.35. The van der Waals surface area contributed by atoms with Gasteiger partial charge in [0.1, 0.15) is 12.4 Å². The first kappa shape index (κ1) is 25.8. The van der Waals surface area contributed by atoms with Crippen LogP contribution >= 0.6 is 0 Å². The van der Waals surface area contributed by atoms with Crippen molar-refractivity contribution in [3.8, 4) is 0 Å². The first-order valence-corrected chi connectivity index (χ1v) is 13.1. The van der Waals surface area contributed by atoms with Gasteiger partial charge in [-0.15, -0.1) is 0 Å². The molecule has 1 aromatic carbocycles. The highest BCUT2D eigenvalue weighted by Gasteiger charge is 2.55. The quantitative estimate of drug-likeness (QED) is 0.553. The van der Waals surface area contributed by atoms with Crippen molar-refractivity contribution in [1.29, 1.82) is 0 Å². The van der Waals surface area contributed by atoms with Crippen LogP contribution in [0.4, 0.5) is 25.3 Å². The molecule has 0 radical (unpaired) electrons. The highest BCUT2D eigenvalue weighted by molar-refractivity contribution is 5.90. The normalized spacial score (nSPS) is 24.0. The van der Waals surface area contributed by atoms with Crippen LogP contribution in [-0.4, -0.2) is 71.2 Å². The number of anilines is 2. The molecule has 2 saturated heterocycles. The lowest BCUT2D eigenvalue weighted by Crippen LogP contribution is -2.47. The van der Waals surface area contributed by atoms with Crippen molar-refractivity contribution in [2.24, 2.45) is 5.92 Å². The minimum absolute atomic E-state index is 0.115. The predicted octanol–water partition coefficient (Wildman–Crippen LogP) is 4.58. The number of carbonyl (C=O) groups is 1. The number of hydrogen-bond donors (Lipinski definition) is 1. The van der Waals surface area contributed by atoms with Gasteiger partial charge >= 0.3 is 6.09 Å². The summed E-state index contributed by atoms with van der Waals surface area (Å²) in [6, 6.07) is 5.46. The third kappa shape index (κ3) is 5.27. The number of aromatic nitrogens is 2. The van der Waals surface area contributed by atoms with Gasteiger partial charge in [0.05, 0.1) is 17.8 Å². The first-order chi connectivity index (χ1) is 17.7. The van der Waals surface area contributed by atoms with Crippen molar-refractivity contribution in [3.63, 3.8) is 0 Å². The Morgan fingerprint density at radius 2 is 1.92 bits per heavy atom. The van der Waals surface area contributed by atoms with Gasteiger partial charge in [-0.25, -0.2) is 23.5 Å². The average Bonchev–Trinajstić information content (AvgIpc) is 3.67. The molecule has 1 saturated carbocycles. The molecule has 200 valence electrons. The Kier molecular flexibility index (Phi) is 7.06. The van der Waals surface area contributed by atoms with Crippen molar-refractivity contribution >= 4 is 17.9 Å². The predicted molar refractivity (Wildman–Crippen MR) is 137 cm³/mol. The second kappa shape index (κ2) is 10.1. The topological polar surface area (TPSA) is 73.8 Å². The molecule has 8 nitrogen and oxygen atoms in total. The zero-order chi connectivity index (χ0) is 26.3. The minimum Gasteiger partial charge on any atom is -0.447 e. The third-order valence-corrected chi connectivity index (χ3v) is 8.15. The van der Waals surface area contributed by atoms with Crippen LogP contribution in [0.5, 0.6) is 0 Å². The lowest BCUT2D eigenvalue weighted by atomic mass is 9.96. The van der Waals surface area contributed by atoms with E-state index in [1.807, 2.05) is 13.0 Å². The van der Waals surface area contributed by atoms with Gasteiger partial charge in [0.25, 0.3) is 0 Å². The molecule has 1 aliphatic carbocycles. The van der Waals surface area contributed by atoms with Crippen LogP contribution in [0.3, 0.4) is 0 Å². The van der Waals surface area contributed by atoms with E-state index in [1.165, 1.54) is 4.90 Å². The van der Waals surface area contributed by atoms with Gasteiger partial charge in [0, 0.05) is 18.2 Å². The van der Waals surface area contributed by atoms with Crippen molar-refractivity contribution in [3.05, 3.63) is 47.2 Å². The maximum Gasteiger partial charge on any atom is 0.416 e. The van der Waals surface area contributed by atoms with Crippen molar-refractivity contribution in [2.75, 3.05) is 44.0 Å². The zero-order valence-electron chi connectivity index (χ0n) is 22.0. The summed E-state index contributed by atoms with van der Waals surface area (Å²) in [5.74, 6) is -0.762. The van der Waals surface area contributed by atoms with E-state index in [-0.39, 0.29) is 30.1 Å². The maximum atomic E-state index is 15.1. The van der Waals surface area contributed by atoms with Gasteiger partial charge in [-0.05, 0) is 84.3 Å². The molecule has 5 rings (SSSR count). The second-order valence-electron chi connectivity index (χ2n) is 11.1. The molecular weight excluding hydrogens is 478 g/mol. The number of benzene rings is 1. The Balaban J connectivity index is 1.27. The fraction of sp³-hybridized carbons (Fsp3) is 0.593. The number of halogens is 2. The molecular formula is C27H36F2N6O2. The molecule has 37 heavy (non-hydrogen) atoms. The van der Waals surface area contributed by atoms with Crippen LogP contribution in [0.25, 0.3) is 0 Å². The summed E-state index contributed by atoms with van der Waals surface area (Å²) in [7, 11) is 4.24. The zero-order valence-corrected chi connectivity index (χ0v) is 22.0. The number of nitrogens with one attached hydrogen (secondary N) is 1. The van der Waals surface area contributed by atoms with Crippen molar-refractivity contribution in [2.45, 2.75) is 63.7 Å². The summed E-state index contributed by atoms with van der Waals surface area (Å²) in [6.45, 7) is 6.61. The molecule has 0 bridgehead atoms. The average molecular weight is 515 g/mol. The standard InChI is InChI=1S/C27H36F2N6O2/c1-17(21-8-5-18(13-22(21)28)15-34-11-9-20(10-12-34)33(3)4)31-25-30-14-23(29)24(32-25)35-26(36)37-16-27(35,2)19-6-7-19/h5,8,13-14,17,19-20H,6-7,9-12,15-16H2,1-4H3,(H,30,31,32)/t17-,27-/m0/s1. The molecule has 0 unspecified atom stereocenters. The molecule has 2 aromatic rings. The van der Waals surface area contributed by atoms with E-state index >= 15 is 4.39 Å². The Hall–Kier alpha value is -2.85. The van der Waals surface area contributed by atoms with Gasteiger partial charge in [-0.2, -0.15) is 4.98 Å². The molecule has 1 aromatic heterocycles. The SMILES string of the molecule is C[C@H](Nc1ncc(F)c(N2C(=O)OC[C@@]2(C)C2CC2)n1)c1ccc(CN2CCC(N(C)C)CC2)cc1F. The third-order valence-electron chi connectivity index (χ3n) is 8.15. The Morgan fingerprint density at radius 1 is 1.19 bits per heavy atom. The van der Waals surface area contributed by atoms with E-state index in [1.54, 1.807) is 19.1 Å². The summed E-state index contributed by atoms with van der Waals surface area (Å²) in [5, 5.41) is 3.07. The summed E-state index contributed by atoms with van der Waals surface area (Å²) < 4.78 is 35.2. The fourth-order valence-electron chi connectivity index (χ4n) is 5.61. The highest BCUT2D eigenvalue weighted by atomic mass is 19.1. The Bertz CT molecular complexity index is 1150. The number of likely N-dealkylation sites (tertiary alicyclic amines) is 1. The molecule has 3 fully saturated rings. The number of carbonyl (C=O) groups excluding carboxylic acids is 1. The van der Waals surface area contributed by atoms with Crippen LogP contribution in [0.15, 0.2) is 24.4 Å². The van der Waals surface area contributed by atoms with E-state index in [0.717, 1.165) is 57.1 Å². The van der Waals surface area contributed by atoms with Gasteiger partial charge < -0.3 is 15.0 Å². The smallest absolute Gasteiger partial charge is 0.416 e. The lowest BCUT2D eigenvalue weighted by molar-refractivity contribution is 0.140. The summed E-state index contributed by atoms with van der Waals surface area (Å²) in [5.41, 5.74) is 0.760. The largest absolute Gasteiger partial charge is 0.447 e. The van der Waals surface area contributed by atoms with E-state index in [2.05, 4.69) is 39.2 Å². The van der Waals surface area contributed by atoms with Gasteiger partial charge in [-0.1, -0.05) is 12.1 Å². The number of ether oxygens (including phenoxy) is 1. The number of hydrogen-bond acceptors (Lipinski definition) is 7. The van der Waals surface area contributed by atoms with Crippen molar-refractivity contribution < 1.29 is 18.3 Å². The number of amides is 1. The molecule has 1 amide bonds. The number of rotatable bonds is 8. The molecule has 1 N–H and O–H groups in total. The van der Waals surface area contributed by atoms with Crippen LogP contribution in [0.2, 0.25) is 0 Å². The number of piperidine rings is 1. The van der Waals surface area contributed by atoms with E-state index in [0.29, 0.717) is 11.6 Å². The molecule has 0 spiro atoms. The Labute approximate surface area is 217 Å². The van der Waals surface area contributed by atoms with Crippen LogP contribution in [0, 0.1) is 17.6 Å². The molecule has 2 aliphatic heterocycles. The Morgan fingerprint density at radius 3 is 2.57 bits per heavy atom. The summed E-state index contributed by atoms with van der Waals surface area (Å²) in [4.78, 5) is 26.8. The van der Waals surface area contributed by atoms with Crippen LogP contribution in [-0.2, 0) is 11.3 Å². The molecule has 3 aliphatic rings. The maximum absolute atomic E-state index is 15.1. The van der Waals surface area contributed by atoms with Crippen LogP contribution < -0.4 is 10.2 Å². The minimum atomic E-state index is -0.700.